The van der Waals surface area contributed by atoms with E-state index in [1.165, 1.54) is 16.8 Å². The summed E-state index contributed by atoms with van der Waals surface area (Å²) < 4.78 is 16.2. The number of nitrogens with one attached hydrogen (secondary N) is 2. The molecular weight excluding hydrogens is 373 g/mol. The Morgan fingerprint density at radius 1 is 1.31 bits per heavy atom. The number of hydrogen-bond acceptors (Lipinski definition) is 4. The predicted octanol–water partition coefficient (Wildman–Crippen LogP) is 2.67. The van der Waals surface area contributed by atoms with E-state index >= 15 is 0 Å². The first-order valence-electron chi connectivity index (χ1n) is 8.97. The second-order valence-corrected chi connectivity index (χ2v) is 6.58. The van der Waals surface area contributed by atoms with Gasteiger partial charge in [-0.15, -0.1) is 5.10 Å². The van der Waals surface area contributed by atoms with Crippen molar-refractivity contribution >= 4 is 23.3 Å². The molecular formula is C21H18FN5O2. The molecule has 7 nitrogen and oxygen atoms in total. The third-order valence-corrected chi connectivity index (χ3v) is 4.75. The molecule has 0 saturated carbocycles. The molecule has 1 aliphatic rings. The molecule has 0 fully saturated rings. The van der Waals surface area contributed by atoms with Gasteiger partial charge in [0.25, 0.3) is 5.91 Å². The molecule has 1 aromatic heterocycles. The lowest BCUT2D eigenvalue weighted by Gasteiger charge is -2.17. The largest absolute Gasteiger partial charge is 0.382 e. The standard InChI is InChI=1S/C21H18FN5O2/c1-2-18(28)25-16-4-3-5-17(19(16)22)27-11-15(20(23)26-27)12-6-7-14-13(10-12)8-9-24-21(14)29/h2-7,10-11H,1,8-9H2,(H2,23,26)(H,24,29)(H,25,28). The summed E-state index contributed by atoms with van der Waals surface area (Å²) in [5, 5.41) is 9.45. The minimum Gasteiger partial charge on any atom is -0.382 e. The van der Waals surface area contributed by atoms with Gasteiger partial charge in [0.1, 0.15) is 5.69 Å². The zero-order chi connectivity index (χ0) is 20.5. The van der Waals surface area contributed by atoms with E-state index in [0.29, 0.717) is 17.7 Å². The molecule has 0 radical (unpaired) electrons. The molecule has 29 heavy (non-hydrogen) atoms. The number of hydrogen-bond donors (Lipinski definition) is 3. The van der Waals surface area contributed by atoms with Crippen LogP contribution in [0.25, 0.3) is 16.8 Å². The van der Waals surface area contributed by atoms with Crippen LogP contribution < -0.4 is 16.4 Å². The van der Waals surface area contributed by atoms with Crippen molar-refractivity contribution in [2.24, 2.45) is 0 Å². The number of anilines is 2. The summed E-state index contributed by atoms with van der Waals surface area (Å²) in [6.45, 7) is 3.94. The maximum Gasteiger partial charge on any atom is 0.251 e. The molecule has 2 heterocycles. The normalized spacial score (nSPS) is 12.8. The number of carbonyl (C=O) groups is 2. The molecule has 2 amide bonds. The number of rotatable bonds is 4. The second-order valence-electron chi connectivity index (χ2n) is 6.58. The van der Waals surface area contributed by atoms with Crippen molar-refractivity contribution in [3.8, 4) is 16.8 Å². The number of halogens is 1. The van der Waals surface area contributed by atoms with Crippen molar-refractivity contribution in [1.82, 2.24) is 15.1 Å². The van der Waals surface area contributed by atoms with Gasteiger partial charge >= 0.3 is 0 Å². The molecule has 0 aliphatic carbocycles. The average Bonchev–Trinajstić information content (AvgIpc) is 3.10. The van der Waals surface area contributed by atoms with Crippen molar-refractivity contribution < 1.29 is 14.0 Å². The lowest BCUT2D eigenvalue weighted by atomic mass is 9.96. The van der Waals surface area contributed by atoms with Crippen molar-refractivity contribution in [2.45, 2.75) is 6.42 Å². The number of carbonyl (C=O) groups excluding carboxylic acids is 2. The molecule has 0 unspecified atom stereocenters. The Balaban J connectivity index is 1.73. The van der Waals surface area contributed by atoms with E-state index in [0.717, 1.165) is 23.6 Å². The summed E-state index contributed by atoms with van der Waals surface area (Å²) in [6.07, 6.45) is 3.41. The first-order chi connectivity index (χ1) is 14.0. The van der Waals surface area contributed by atoms with E-state index in [2.05, 4.69) is 22.3 Å². The Bertz CT molecular complexity index is 1150. The predicted molar refractivity (Wildman–Crippen MR) is 108 cm³/mol. The van der Waals surface area contributed by atoms with Crippen molar-refractivity contribution in [1.29, 1.82) is 0 Å². The summed E-state index contributed by atoms with van der Waals surface area (Å²) in [4.78, 5) is 23.4. The number of benzene rings is 2. The number of fused-ring (bicyclic) bond motifs is 1. The van der Waals surface area contributed by atoms with Crippen LogP contribution in [0.5, 0.6) is 0 Å². The van der Waals surface area contributed by atoms with Crippen LogP contribution in [0.1, 0.15) is 15.9 Å². The summed E-state index contributed by atoms with van der Waals surface area (Å²) in [5.41, 5.74) is 9.23. The van der Waals surface area contributed by atoms with Crippen molar-refractivity contribution in [2.75, 3.05) is 17.6 Å². The van der Waals surface area contributed by atoms with Gasteiger partial charge in [-0.3, -0.25) is 9.59 Å². The summed E-state index contributed by atoms with van der Waals surface area (Å²) in [7, 11) is 0. The van der Waals surface area contributed by atoms with Crippen LogP contribution in [-0.2, 0) is 11.2 Å². The molecule has 3 aromatic rings. The maximum absolute atomic E-state index is 14.9. The molecule has 0 atom stereocenters. The van der Waals surface area contributed by atoms with E-state index in [-0.39, 0.29) is 23.1 Å². The Morgan fingerprint density at radius 3 is 2.93 bits per heavy atom. The van der Waals surface area contributed by atoms with Gasteiger partial charge in [0.15, 0.2) is 11.6 Å². The van der Waals surface area contributed by atoms with E-state index in [4.69, 9.17) is 5.73 Å². The molecule has 8 heteroatoms. The topological polar surface area (TPSA) is 102 Å². The summed E-state index contributed by atoms with van der Waals surface area (Å²) >= 11 is 0. The highest BCUT2D eigenvalue weighted by Gasteiger charge is 2.19. The van der Waals surface area contributed by atoms with Crippen LogP contribution >= 0.6 is 0 Å². The van der Waals surface area contributed by atoms with E-state index < -0.39 is 11.7 Å². The number of nitrogens with zero attached hydrogens (tertiary/aromatic N) is 2. The fourth-order valence-electron chi connectivity index (χ4n) is 3.31. The third-order valence-electron chi connectivity index (χ3n) is 4.75. The lowest BCUT2D eigenvalue weighted by molar-refractivity contribution is -0.111. The number of amides is 2. The molecule has 2 aromatic carbocycles. The second kappa shape index (κ2) is 7.23. The molecule has 0 spiro atoms. The fourth-order valence-corrected chi connectivity index (χ4v) is 3.31. The minimum absolute atomic E-state index is 0.0165. The van der Waals surface area contributed by atoms with Crippen molar-refractivity contribution in [3.63, 3.8) is 0 Å². The molecule has 0 saturated heterocycles. The number of aromatic nitrogens is 2. The first kappa shape index (κ1) is 18.4. The molecule has 4 rings (SSSR count). The lowest BCUT2D eigenvalue weighted by Crippen LogP contribution is -2.31. The van der Waals surface area contributed by atoms with Crippen LogP contribution in [0.3, 0.4) is 0 Å². The van der Waals surface area contributed by atoms with Gasteiger partial charge < -0.3 is 16.4 Å². The van der Waals surface area contributed by atoms with Gasteiger partial charge in [-0.05, 0) is 41.8 Å². The average molecular weight is 391 g/mol. The van der Waals surface area contributed by atoms with Gasteiger partial charge in [-0.25, -0.2) is 9.07 Å². The van der Waals surface area contributed by atoms with Gasteiger partial charge in [0.05, 0.1) is 5.69 Å². The molecule has 146 valence electrons. The zero-order valence-corrected chi connectivity index (χ0v) is 15.4. The number of nitrogens with two attached hydrogens (primary N) is 1. The summed E-state index contributed by atoms with van der Waals surface area (Å²) in [5.74, 6) is -1.02. The monoisotopic (exact) mass is 391 g/mol. The summed E-state index contributed by atoms with van der Waals surface area (Å²) in [6, 6.07) is 10.0. The van der Waals surface area contributed by atoms with E-state index in [9.17, 15) is 14.0 Å². The van der Waals surface area contributed by atoms with Crippen LogP contribution in [0.15, 0.2) is 55.3 Å². The fraction of sp³-hybridized carbons (Fsp3) is 0.0952. The molecule has 0 bridgehead atoms. The Morgan fingerprint density at radius 2 is 2.14 bits per heavy atom. The van der Waals surface area contributed by atoms with Crippen LogP contribution in [-0.4, -0.2) is 28.1 Å². The SMILES string of the molecule is C=CC(=O)Nc1cccc(-n2cc(-c3ccc4c(c3)CCNC4=O)c(N)n2)c1F. The minimum atomic E-state index is -0.640. The van der Waals surface area contributed by atoms with Gasteiger partial charge in [-0.1, -0.05) is 24.8 Å². The highest BCUT2D eigenvalue weighted by molar-refractivity contribution is 5.99. The smallest absolute Gasteiger partial charge is 0.251 e. The quantitative estimate of drug-likeness (QED) is 0.595. The first-order valence-corrected chi connectivity index (χ1v) is 8.97. The Kier molecular flexibility index (Phi) is 4.59. The highest BCUT2D eigenvalue weighted by Crippen LogP contribution is 2.30. The van der Waals surface area contributed by atoms with E-state index in [1.807, 2.05) is 6.07 Å². The zero-order valence-electron chi connectivity index (χ0n) is 15.4. The van der Waals surface area contributed by atoms with Crippen LogP contribution in [0.2, 0.25) is 0 Å². The number of nitrogen functional groups attached to an aromatic ring is 1. The maximum atomic E-state index is 14.9. The van der Waals surface area contributed by atoms with Crippen LogP contribution in [0, 0.1) is 5.82 Å². The van der Waals surface area contributed by atoms with E-state index in [1.54, 1.807) is 24.4 Å². The van der Waals surface area contributed by atoms with Gasteiger partial charge in [0.2, 0.25) is 5.91 Å². The molecule has 4 N–H and O–H groups in total. The van der Waals surface area contributed by atoms with Crippen LogP contribution in [0.4, 0.5) is 15.9 Å². The van der Waals surface area contributed by atoms with Crippen molar-refractivity contribution in [3.05, 3.63) is 72.2 Å². The Hall–Kier alpha value is -3.94. The van der Waals surface area contributed by atoms with Gasteiger partial charge in [-0.2, -0.15) is 0 Å². The Labute approximate surface area is 166 Å². The molecule has 1 aliphatic heterocycles. The third kappa shape index (κ3) is 3.36. The highest BCUT2D eigenvalue weighted by atomic mass is 19.1. The van der Waals surface area contributed by atoms with Gasteiger partial charge in [0, 0.05) is 23.9 Å².